The van der Waals surface area contributed by atoms with Crippen LogP contribution >= 0.6 is 0 Å². The van der Waals surface area contributed by atoms with Gasteiger partial charge in [0.2, 0.25) is 0 Å². The van der Waals surface area contributed by atoms with Gasteiger partial charge in [-0.1, -0.05) is 36.4 Å². The van der Waals surface area contributed by atoms with Crippen LogP contribution in [0.25, 0.3) is 0 Å². The second kappa shape index (κ2) is 8.12. The lowest BCUT2D eigenvalue weighted by Gasteiger charge is -2.17. The molecule has 0 saturated heterocycles. The normalized spacial score (nSPS) is 11.7. The summed E-state index contributed by atoms with van der Waals surface area (Å²) in [5, 5.41) is 12.1. The number of carbonyl (C=O) groups is 2. The Morgan fingerprint density at radius 3 is 2.50 bits per heavy atom. The smallest absolute Gasteiger partial charge is 0.335 e. The fraction of sp³-hybridized carbons (Fsp3) is 0.222. The summed E-state index contributed by atoms with van der Waals surface area (Å²) in [5.74, 6) is -1.39. The molecule has 4 N–H and O–H groups in total. The number of nitrogen functional groups attached to an aromatic ring is 1. The van der Waals surface area contributed by atoms with Crippen LogP contribution in [0.2, 0.25) is 0 Å². The Labute approximate surface area is 140 Å². The predicted molar refractivity (Wildman–Crippen MR) is 90.6 cm³/mol. The first kappa shape index (κ1) is 17.5. The summed E-state index contributed by atoms with van der Waals surface area (Å²) in [6.07, 6.45) is 0.487. The van der Waals surface area contributed by atoms with Crippen LogP contribution in [-0.4, -0.2) is 30.2 Å². The largest absolute Gasteiger partial charge is 0.478 e. The number of hydrogen-bond donors (Lipinski definition) is 3. The minimum atomic E-state index is -1.03. The molecular weight excluding hydrogens is 308 g/mol. The van der Waals surface area contributed by atoms with Crippen molar-refractivity contribution in [1.29, 1.82) is 0 Å². The molecule has 6 nitrogen and oxygen atoms in total. The van der Waals surface area contributed by atoms with E-state index in [2.05, 4.69) is 5.32 Å². The van der Waals surface area contributed by atoms with E-state index >= 15 is 0 Å². The van der Waals surface area contributed by atoms with E-state index in [1.54, 1.807) is 6.07 Å². The van der Waals surface area contributed by atoms with Crippen LogP contribution < -0.4 is 11.1 Å². The van der Waals surface area contributed by atoms with E-state index in [0.29, 0.717) is 18.7 Å². The zero-order chi connectivity index (χ0) is 17.5. The van der Waals surface area contributed by atoms with E-state index in [-0.39, 0.29) is 11.5 Å². The quantitative estimate of drug-likeness (QED) is 0.529. The zero-order valence-corrected chi connectivity index (χ0v) is 13.4. The number of nitrogens with two attached hydrogens (primary N) is 1. The molecule has 6 heteroatoms. The number of nitrogens with one attached hydrogen (secondary N) is 1. The molecule has 0 aromatic heterocycles. The van der Waals surface area contributed by atoms with Crippen molar-refractivity contribution in [2.75, 3.05) is 12.8 Å². The standard InChI is InChI=1S/C18H20N2O4/c1-24-18(23)16(9-12-5-3-2-4-6-12)20-11-14-8-7-13(17(21)22)10-15(14)19/h2-8,10,16,20H,9,11,19H2,1H3,(H,21,22). The number of carboxylic acids is 1. The molecule has 1 unspecified atom stereocenters. The average molecular weight is 328 g/mol. The molecule has 0 aliphatic heterocycles. The first-order valence-corrected chi connectivity index (χ1v) is 7.48. The lowest BCUT2D eigenvalue weighted by Crippen LogP contribution is -2.39. The van der Waals surface area contributed by atoms with Gasteiger partial charge >= 0.3 is 11.9 Å². The molecule has 0 saturated carbocycles. The summed E-state index contributed by atoms with van der Waals surface area (Å²) in [5.41, 5.74) is 8.12. The molecule has 0 bridgehead atoms. The lowest BCUT2D eigenvalue weighted by atomic mass is 10.0. The van der Waals surface area contributed by atoms with Gasteiger partial charge in [-0.05, 0) is 29.7 Å². The highest BCUT2D eigenvalue weighted by molar-refractivity contribution is 5.89. The molecule has 2 rings (SSSR count). The third-order valence-corrected chi connectivity index (χ3v) is 3.70. The molecule has 0 heterocycles. The number of benzene rings is 2. The summed E-state index contributed by atoms with van der Waals surface area (Å²) in [7, 11) is 1.35. The van der Waals surface area contributed by atoms with Gasteiger partial charge in [0.15, 0.2) is 0 Å². The molecule has 2 aromatic rings. The highest BCUT2D eigenvalue weighted by atomic mass is 16.5. The molecule has 1 atom stereocenters. The Hall–Kier alpha value is -2.86. The SMILES string of the molecule is COC(=O)C(Cc1ccccc1)NCc1ccc(C(=O)O)cc1N. The Morgan fingerprint density at radius 2 is 1.92 bits per heavy atom. The molecular formula is C18H20N2O4. The van der Waals surface area contributed by atoms with Gasteiger partial charge in [-0.2, -0.15) is 0 Å². The van der Waals surface area contributed by atoms with Crippen LogP contribution in [0.3, 0.4) is 0 Å². The predicted octanol–water partition coefficient (Wildman–Crippen LogP) is 1.84. The zero-order valence-electron chi connectivity index (χ0n) is 13.4. The number of carboxylic acid groups (broad SMARTS) is 1. The average Bonchev–Trinajstić information content (AvgIpc) is 2.59. The third kappa shape index (κ3) is 4.57. The molecule has 2 aromatic carbocycles. The van der Waals surface area contributed by atoms with Gasteiger partial charge in [0, 0.05) is 12.2 Å². The van der Waals surface area contributed by atoms with E-state index in [9.17, 15) is 9.59 Å². The van der Waals surface area contributed by atoms with Gasteiger partial charge in [0.25, 0.3) is 0 Å². The summed E-state index contributed by atoms with van der Waals surface area (Å²) in [4.78, 5) is 22.9. The van der Waals surface area contributed by atoms with E-state index < -0.39 is 12.0 Å². The van der Waals surface area contributed by atoms with Crippen molar-refractivity contribution in [3.05, 3.63) is 65.2 Å². The summed E-state index contributed by atoms with van der Waals surface area (Å²) in [6.45, 7) is 0.332. The van der Waals surface area contributed by atoms with E-state index in [0.717, 1.165) is 11.1 Å². The second-order valence-electron chi connectivity index (χ2n) is 5.37. The van der Waals surface area contributed by atoms with Crippen molar-refractivity contribution in [3.8, 4) is 0 Å². The fourth-order valence-corrected chi connectivity index (χ4v) is 2.35. The van der Waals surface area contributed by atoms with Crippen LogP contribution in [-0.2, 0) is 22.5 Å². The van der Waals surface area contributed by atoms with Crippen LogP contribution in [0, 0.1) is 0 Å². The van der Waals surface area contributed by atoms with Crippen LogP contribution in [0.15, 0.2) is 48.5 Å². The van der Waals surface area contributed by atoms with Gasteiger partial charge in [0.05, 0.1) is 12.7 Å². The summed E-state index contributed by atoms with van der Waals surface area (Å²) < 4.78 is 4.84. The molecule has 24 heavy (non-hydrogen) atoms. The van der Waals surface area contributed by atoms with Crippen LogP contribution in [0.1, 0.15) is 21.5 Å². The number of carbonyl (C=O) groups excluding carboxylic acids is 1. The number of methoxy groups -OCH3 is 1. The number of ether oxygens (including phenoxy) is 1. The van der Waals surface area contributed by atoms with Gasteiger partial charge in [-0.25, -0.2) is 4.79 Å². The molecule has 0 fully saturated rings. The van der Waals surface area contributed by atoms with Gasteiger partial charge in [-0.3, -0.25) is 10.1 Å². The first-order chi connectivity index (χ1) is 11.5. The Balaban J connectivity index is 2.07. The minimum Gasteiger partial charge on any atom is -0.478 e. The summed E-state index contributed by atoms with van der Waals surface area (Å²) >= 11 is 0. The molecule has 0 aliphatic carbocycles. The van der Waals surface area contributed by atoms with Gasteiger partial charge < -0.3 is 15.6 Å². The van der Waals surface area contributed by atoms with Crippen molar-refractivity contribution in [1.82, 2.24) is 5.32 Å². The Bertz CT molecular complexity index is 716. The Kier molecular flexibility index (Phi) is 5.92. The molecule has 0 radical (unpaired) electrons. The maximum Gasteiger partial charge on any atom is 0.335 e. The molecule has 0 aliphatic rings. The number of aromatic carboxylic acids is 1. The highest BCUT2D eigenvalue weighted by Gasteiger charge is 2.19. The van der Waals surface area contributed by atoms with Gasteiger partial charge in [-0.15, -0.1) is 0 Å². The third-order valence-electron chi connectivity index (χ3n) is 3.70. The van der Waals surface area contributed by atoms with E-state index in [4.69, 9.17) is 15.6 Å². The topological polar surface area (TPSA) is 102 Å². The van der Waals surface area contributed by atoms with Crippen molar-refractivity contribution in [3.63, 3.8) is 0 Å². The number of esters is 1. The first-order valence-electron chi connectivity index (χ1n) is 7.48. The fourth-order valence-electron chi connectivity index (χ4n) is 2.35. The van der Waals surface area contributed by atoms with Gasteiger partial charge in [0.1, 0.15) is 6.04 Å². The van der Waals surface area contributed by atoms with Crippen molar-refractivity contribution in [2.24, 2.45) is 0 Å². The maximum absolute atomic E-state index is 12.0. The monoisotopic (exact) mass is 328 g/mol. The maximum atomic E-state index is 12.0. The van der Waals surface area contributed by atoms with E-state index in [1.165, 1.54) is 19.2 Å². The molecule has 0 spiro atoms. The van der Waals surface area contributed by atoms with Crippen molar-refractivity contribution >= 4 is 17.6 Å². The van der Waals surface area contributed by atoms with Crippen LogP contribution in [0.5, 0.6) is 0 Å². The number of rotatable bonds is 7. The highest BCUT2D eigenvalue weighted by Crippen LogP contribution is 2.15. The lowest BCUT2D eigenvalue weighted by molar-refractivity contribution is -0.143. The number of anilines is 1. The second-order valence-corrected chi connectivity index (χ2v) is 5.37. The molecule has 0 amide bonds. The van der Waals surface area contributed by atoms with E-state index in [1.807, 2.05) is 30.3 Å². The van der Waals surface area contributed by atoms with Crippen molar-refractivity contribution < 1.29 is 19.4 Å². The number of hydrogen-bond acceptors (Lipinski definition) is 5. The minimum absolute atomic E-state index is 0.130. The van der Waals surface area contributed by atoms with Crippen molar-refractivity contribution in [2.45, 2.75) is 19.0 Å². The summed E-state index contributed by atoms with van der Waals surface area (Å²) in [6, 6.07) is 13.6. The Morgan fingerprint density at radius 1 is 1.21 bits per heavy atom. The van der Waals surface area contributed by atoms with Crippen LogP contribution in [0.4, 0.5) is 5.69 Å². The molecule has 126 valence electrons.